The first-order valence-electron chi connectivity index (χ1n) is 7.19. The molecule has 0 saturated carbocycles. The Morgan fingerprint density at radius 3 is 2.37 bits per heavy atom. The van der Waals surface area contributed by atoms with Gasteiger partial charge in [0.15, 0.2) is 0 Å². The first kappa shape index (κ1) is 14.1. The Balaban J connectivity index is 1.85. The van der Waals surface area contributed by atoms with Gasteiger partial charge in [-0.25, -0.2) is 0 Å². The molecule has 1 aromatic rings. The smallest absolute Gasteiger partial charge is 0.220 e. The van der Waals surface area contributed by atoms with Gasteiger partial charge in [-0.05, 0) is 30.4 Å². The van der Waals surface area contributed by atoms with Crippen LogP contribution in [0.1, 0.15) is 56.7 Å². The third kappa shape index (κ3) is 3.80. The molecule has 1 aliphatic rings. The monoisotopic (exact) mass is 260 g/mol. The zero-order valence-electron chi connectivity index (χ0n) is 12.1. The summed E-state index contributed by atoms with van der Waals surface area (Å²) in [6, 6.07) is 9.41. The summed E-state index contributed by atoms with van der Waals surface area (Å²) in [7, 11) is 0. The van der Waals surface area contributed by atoms with Crippen molar-refractivity contribution >= 4 is 5.91 Å². The van der Waals surface area contributed by atoms with Gasteiger partial charge in [-0.1, -0.05) is 38.1 Å². The minimum atomic E-state index is 0.181. The lowest BCUT2D eigenvalue weighted by Crippen LogP contribution is -2.36. The Labute approximate surface area is 115 Å². The van der Waals surface area contributed by atoms with Crippen LogP contribution in [-0.2, 0) is 4.79 Å². The third-order valence-electron chi connectivity index (χ3n) is 3.86. The van der Waals surface area contributed by atoms with E-state index in [4.69, 9.17) is 0 Å². The second kappa shape index (κ2) is 6.20. The maximum absolute atomic E-state index is 11.1. The van der Waals surface area contributed by atoms with Crippen molar-refractivity contribution < 1.29 is 4.79 Å². The molecule has 2 atom stereocenters. The highest BCUT2D eigenvalue weighted by Gasteiger charge is 2.20. The van der Waals surface area contributed by atoms with Crippen molar-refractivity contribution in [3.63, 3.8) is 0 Å². The summed E-state index contributed by atoms with van der Waals surface area (Å²) in [5.41, 5.74) is 2.67. The molecule has 104 valence electrons. The largest absolute Gasteiger partial charge is 0.352 e. The van der Waals surface area contributed by atoms with E-state index in [9.17, 15) is 4.79 Å². The molecule has 2 unspecified atom stereocenters. The molecule has 1 heterocycles. The average Bonchev–Trinajstić information content (AvgIpc) is 2.82. The third-order valence-corrected chi connectivity index (χ3v) is 3.86. The van der Waals surface area contributed by atoms with Crippen LogP contribution in [0.5, 0.6) is 0 Å². The molecule has 0 aromatic heterocycles. The number of hydrogen-bond acceptors (Lipinski definition) is 2. The number of carbonyl (C=O) groups is 1. The Hall–Kier alpha value is -1.35. The molecule has 2 rings (SSSR count). The van der Waals surface area contributed by atoms with Crippen LogP contribution in [0, 0.1) is 0 Å². The standard InChI is InChI=1S/C16H24N2O/c1-11(2)13-4-6-14(7-5-13)12(3)17-10-15-8-9-16(19)18-15/h4-7,11-12,15,17H,8-10H2,1-3H3,(H,18,19). The van der Waals surface area contributed by atoms with Gasteiger partial charge in [-0.3, -0.25) is 4.79 Å². The SMILES string of the molecule is CC(C)c1ccc(C(C)NCC2CCC(=O)N2)cc1. The molecule has 0 radical (unpaired) electrons. The van der Waals surface area contributed by atoms with Crippen molar-refractivity contribution in [2.75, 3.05) is 6.54 Å². The lowest BCUT2D eigenvalue weighted by molar-refractivity contribution is -0.119. The van der Waals surface area contributed by atoms with E-state index in [1.54, 1.807) is 0 Å². The van der Waals surface area contributed by atoms with Gasteiger partial charge in [0.2, 0.25) is 5.91 Å². The van der Waals surface area contributed by atoms with Crippen LogP contribution in [0.3, 0.4) is 0 Å². The van der Waals surface area contributed by atoms with Crippen LogP contribution >= 0.6 is 0 Å². The molecular weight excluding hydrogens is 236 g/mol. The maximum Gasteiger partial charge on any atom is 0.220 e. The molecule has 3 heteroatoms. The molecule has 1 aromatic carbocycles. The maximum atomic E-state index is 11.1. The first-order chi connectivity index (χ1) is 9.06. The molecule has 1 saturated heterocycles. The molecule has 0 aliphatic carbocycles. The van der Waals surface area contributed by atoms with E-state index in [0.29, 0.717) is 24.4 Å². The molecule has 19 heavy (non-hydrogen) atoms. The topological polar surface area (TPSA) is 41.1 Å². The van der Waals surface area contributed by atoms with Gasteiger partial charge in [0.05, 0.1) is 0 Å². The number of nitrogens with one attached hydrogen (secondary N) is 2. The van der Waals surface area contributed by atoms with E-state index in [-0.39, 0.29) is 5.91 Å². The molecule has 3 nitrogen and oxygen atoms in total. The number of hydrogen-bond donors (Lipinski definition) is 2. The molecule has 1 aliphatic heterocycles. The fourth-order valence-electron chi connectivity index (χ4n) is 2.44. The first-order valence-corrected chi connectivity index (χ1v) is 7.19. The number of benzene rings is 1. The molecule has 1 amide bonds. The van der Waals surface area contributed by atoms with E-state index >= 15 is 0 Å². The van der Waals surface area contributed by atoms with Crippen LogP contribution in [0.15, 0.2) is 24.3 Å². The highest BCUT2D eigenvalue weighted by Crippen LogP contribution is 2.18. The minimum Gasteiger partial charge on any atom is -0.352 e. The normalized spacial score (nSPS) is 20.6. The van der Waals surface area contributed by atoms with Gasteiger partial charge in [-0.15, -0.1) is 0 Å². The Kier molecular flexibility index (Phi) is 4.59. The van der Waals surface area contributed by atoms with Crippen LogP contribution in [0.4, 0.5) is 0 Å². The van der Waals surface area contributed by atoms with Gasteiger partial charge in [0.1, 0.15) is 0 Å². The molecule has 2 N–H and O–H groups in total. The summed E-state index contributed by atoms with van der Waals surface area (Å²) in [6.45, 7) is 7.43. The van der Waals surface area contributed by atoms with Crippen molar-refractivity contribution in [2.45, 2.75) is 51.6 Å². The zero-order valence-corrected chi connectivity index (χ0v) is 12.1. The van der Waals surface area contributed by atoms with Crippen LogP contribution in [0.25, 0.3) is 0 Å². The van der Waals surface area contributed by atoms with Crippen LogP contribution < -0.4 is 10.6 Å². The number of carbonyl (C=O) groups excluding carboxylic acids is 1. The van der Waals surface area contributed by atoms with E-state index in [2.05, 4.69) is 55.7 Å². The second-order valence-electron chi connectivity index (χ2n) is 5.75. The van der Waals surface area contributed by atoms with Gasteiger partial charge in [0.25, 0.3) is 0 Å². The lowest BCUT2D eigenvalue weighted by atomic mass is 9.99. The minimum absolute atomic E-state index is 0.181. The lowest BCUT2D eigenvalue weighted by Gasteiger charge is -2.18. The van der Waals surface area contributed by atoms with Gasteiger partial charge in [0, 0.05) is 25.0 Å². The summed E-state index contributed by atoms with van der Waals surface area (Å²) >= 11 is 0. The molecular formula is C16H24N2O. The van der Waals surface area contributed by atoms with Crippen molar-refractivity contribution in [3.8, 4) is 0 Å². The summed E-state index contributed by atoms with van der Waals surface area (Å²) < 4.78 is 0. The average molecular weight is 260 g/mol. The zero-order chi connectivity index (χ0) is 13.8. The van der Waals surface area contributed by atoms with Crippen LogP contribution in [0.2, 0.25) is 0 Å². The van der Waals surface area contributed by atoms with Gasteiger partial charge < -0.3 is 10.6 Å². The summed E-state index contributed by atoms with van der Waals surface area (Å²) in [5.74, 6) is 0.756. The Morgan fingerprint density at radius 2 is 1.84 bits per heavy atom. The fraction of sp³-hybridized carbons (Fsp3) is 0.562. The van der Waals surface area contributed by atoms with Gasteiger partial charge >= 0.3 is 0 Å². The summed E-state index contributed by atoms with van der Waals surface area (Å²) in [5, 5.41) is 6.48. The van der Waals surface area contributed by atoms with Crippen molar-refractivity contribution in [3.05, 3.63) is 35.4 Å². The highest BCUT2D eigenvalue weighted by molar-refractivity contribution is 5.78. The Bertz CT molecular complexity index is 425. The quantitative estimate of drug-likeness (QED) is 0.854. The second-order valence-corrected chi connectivity index (χ2v) is 5.75. The molecule has 0 spiro atoms. The molecule has 0 bridgehead atoms. The van der Waals surface area contributed by atoms with Crippen molar-refractivity contribution in [1.82, 2.24) is 10.6 Å². The number of amides is 1. The number of rotatable bonds is 5. The van der Waals surface area contributed by atoms with Crippen molar-refractivity contribution in [2.24, 2.45) is 0 Å². The summed E-state index contributed by atoms with van der Waals surface area (Å²) in [6.07, 6.45) is 1.62. The van der Waals surface area contributed by atoms with Crippen molar-refractivity contribution in [1.29, 1.82) is 0 Å². The summed E-state index contributed by atoms with van der Waals surface area (Å²) in [4.78, 5) is 11.1. The predicted molar refractivity (Wildman–Crippen MR) is 78.1 cm³/mol. The fourth-order valence-corrected chi connectivity index (χ4v) is 2.44. The predicted octanol–water partition coefficient (Wildman–Crippen LogP) is 2.74. The van der Waals surface area contributed by atoms with E-state index in [1.165, 1.54) is 11.1 Å². The Morgan fingerprint density at radius 1 is 1.21 bits per heavy atom. The van der Waals surface area contributed by atoms with E-state index in [1.807, 2.05) is 0 Å². The van der Waals surface area contributed by atoms with E-state index in [0.717, 1.165) is 13.0 Å². The van der Waals surface area contributed by atoms with Gasteiger partial charge in [-0.2, -0.15) is 0 Å². The molecule has 1 fully saturated rings. The highest BCUT2D eigenvalue weighted by atomic mass is 16.1. The van der Waals surface area contributed by atoms with Crippen LogP contribution in [-0.4, -0.2) is 18.5 Å². The van der Waals surface area contributed by atoms with E-state index < -0.39 is 0 Å².